The highest BCUT2D eigenvalue weighted by Crippen LogP contribution is 2.68. The first kappa shape index (κ1) is 9.94. The number of hydrogen-bond donors (Lipinski definition) is 0. The first-order valence-corrected chi connectivity index (χ1v) is 8.51. The van der Waals surface area contributed by atoms with Gasteiger partial charge in [-0.1, -0.05) is 35.4 Å². The van der Waals surface area contributed by atoms with Crippen molar-refractivity contribution in [2.24, 2.45) is 0 Å². The minimum Gasteiger partial charge on any atom is -0.140 e. The second-order valence-electron chi connectivity index (χ2n) is 3.27. The number of rotatable bonds is 5. The standard InChI is InChI=1S/C8H14S4/c1-3-7(5-9-7)11-12-8(4-2)6-10-8/h3-6H2,1-2H3. The molecule has 2 unspecified atom stereocenters. The van der Waals surface area contributed by atoms with Gasteiger partial charge >= 0.3 is 0 Å². The van der Waals surface area contributed by atoms with E-state index >= 15 is 0 Å². The van der Waals surface area contributed by atoms with Gasteiger partial charge in [0.1, 0.15) is 0 Å². The smallest absolute Gasteiger partial charge is 0.0803 e. The molecule has 0 aromatic rings. The molecule has 0 aromatic heterocycles. The molecule has 0 aromatic carbocycles. The van der Waals surface area contributed by atoms with Crippen LogP contribution in [0.3, 0.4) is 0 Å². The number of hydrogen-bond acceptors (Lipinski definition) is 4. The zero-order valence-electron chi connectivity index (χ0n) is 7.46. The van der Waals surface area contributed by atoms with Gasteiger partial charge in [0.25, 0.3) is 0 Å². The van der Waals surface area contributed by atoms with E-state index in [0.29, 0.717) is 8.16 Å². The maximum Gasteiger partial charge on any atom is 0.0803 e. The first-order chi connectivity index (χ1) is 5.74. The third-order valence-electron chi connectivity index (χ3n) is 2.36. The van der Waals surface area contributed by atoms with Gasteiger partial charge < -0.3 is 0 Å². The predicted molar refractivity (Wildman–Crippen MR) is 66.1 cm³/mol. The van der Waals surface area contributed by atoms with Crippen LogP contribution in [0.15, 0.2) is 0 Å². The van der Waals surface area contributed by atoms with Gasteiger partial charge in [-0.25, -0.2) is 0 Å². The predicted octanol–water partition coefficient (Wildman–Crippen LogP) is 4.07. The Kier molecular flexibility index (Phi) is 2.91. The fourth-order valence-corrected chi connectivity index (χ4v) is 7.70. The Bertz CT molecular complexity index is 152. The van der Waals surface area contributed by atoms with Gasteiger partial charge in [0.05, 0.1) is 8.16 Å². The summed E-state index contributed by atoms with van der Waals surface area (Å²) in [5, 5.41) is 0. The van der Waals surface area contributed by atoms with Crippen molar-refractivity contribution in [2.75, 3.05) is 11.5 Å². The van der Waals surface area contributed by atoms with Gasteiger partial charge in [-0.05, 0) is 12.8 Å². The van der Waals surface area contributed by atoms with E-state index in [4.69, 9.17) is 0 Å². The monoisotopic (exact) mass is 238 g/mol. The minimum absolute atomic E-state index is 0.621. The van der Waals surface area contributed by atoms with Crippen LogP contribution in [-0.4, -0.2) is 19.7 Å². The van der Waals surface area contributed by atoms with E-state index in [0.717, 1.165) is 0 Å². The summed E-state index contributed by atoms with van der Waals surface area (Å²) >= 11 is 4.26. The van der Waals surface area contributed by atoms with Crippen LogP contribution in [0.1, 0.15) is 26.7 Å². The van der Waals surface area contributed by atoms with Crippen LogP contribution < -0.4 is 0 Å². The summed E-state index contributed by atoms with van der Waals surface area (Å²) in [6.45, 7) is 4.62. The fourth-order valence-electron chi connectivity index (χ4n) is 0.935. The molecule has 0 aliphatic carbocycles. The van der Waals surface area contributed by atoms with Crippen molar-refractivity contribution >= 4 is 45.1 Å². The molecule has 2 heterocycles. The Hall–Kier alpha value is 1.40. The van der Waals surface area contributed by atoms with Crippen LogP contribution in [0.25, 0.3) is 0 Å². The summed E-state index contributed by atoms with van der Waals surface area (Å²) in [6.07, 6.45) is 2.67. The molecule has 2 atom stereocenters. The van der Waals surface area contributed by atoms with Crippen LogP contribution in [0.2, 0.25) is 0 Å². The second kappa shape index (κ2) is 3.52. The molecular formula is C8H14S4. The lowest BCUT2D eigenvalue weighted by molar-refractivity contribution is 0.922. The molecule has 12 heavy (non-hydrogen) atoms. The van der Waals surface area contributed by atoms with E-state index in [1.54, 1.807) is 0 Å². The normalized spacial score (nSPS) is 44.5. The Morgan fingerprint density at radius 3 is 1.50 bits per heavy atom. The highest BCUT2D eigenvalue weighted by molar-refractivity contribution is 8.82. The molecule has 2 aliphatic heterocycles. The Labute approximate surface area is 91.2 Å². The summed E-state index contributed by atoms with van der Waals surface area (Å²) in [5.41, 5.74) is 0. The average Bonchev–Trinajstić information content (AvgIpc) is 3.00. The Balaban J connectivity index is 1.75. The summed E-state index contributed by atoms with van der Waals surface area (Å²) in [6, 6.07) is 0. The number of thioether (sulfide) groups is 2. The van der Waals surface area contributed by atoms with Crippen LogP contribution in [0, 0.1) is 0 Å². The third kappa shape index (κ3) is 2.07. The highest BCUT2D eigenvalue weighted by atomic mass is 33.1. The second-order valence-corrected chi connectivity index (χ2v) is 9.40. The minimum atomic E-state index is 0.621. The fraction of sp³-hybridized carbons (Fsp3) is 1.00. The molecule has 0 saturated carbocycles. The van der Waals surface area contributed by atoms with E-state index < -0.39 is 0 Å². The van der Waals surface area contributed by atoms with E-state index in [2.05, 4.69) is 59.0 Å². The molecular weight excluding hydrogens is 224 g/mol. The van der Waals surface area contributed by atoms with Gasteiger partial charge in [0, 0.05) is 11.5 Å². The first-order valence-electron chi connectivity index (χ1n) is 4.39. The van der Waals surface area contributed by atoms with Gasteiger partial charge in [-0.3, -0.25) is 0 Å². The Morgan fingerprint density at radius 2 is 1.33 bits per heavy atom. The van der Waals surface area contributed by atoms with Crippen molar-refractivity contribution in [3.05, 3.63) is 0 Å². The van der Waals surface area contributed by atoms with Gasteiger partial charge in [-0.15, -0.1) is 23.5 Å². The zero-order valence-corrected chi connectivity index (χ0v) is 10.7. The highest BCUT2D eigenvalue weighted by Gasteiger charge is 2.49. The van der Waals surface area contributed by atoms with Gasteiger partial charge in [-0.2, -0.15) is 0 Å². The lowest BCUT2D eigenvalue weighted by Crippen LogP contribution is -2.03. The van der Waals surface area contributed by atoms with E-state index in [1.165, 1.54) is 24.3 Å². The molecule has 0 bridgehead atoms. The molecule has 70 valence electrons. The summed E-state index contributed by atoms with van der Waals surface area (Å²) < 4.78 is 1.24. The molecule has 0 nitrogen and oxygen atoms in total. The molecule has 0 spiro atoms. The Morgan fingerprint density at radius 1 is 1.00 bits per heavy atom. The molecule has 2 fully saturated rings. The largest absolute Gasteiger partial charge is 0.140 e. The molecule has 4 heteroatoms. The average molecular weight is 238 g/mol. The van der Waals surface area contributed by atoms with Crippen LogP contribution in [-0.2, 0) is 0 Å². The van der Waals surface area contributed by atoms with Crippen LogP contribution >= 0.6 is 45.1 Å². The van der Waals surface area contributed by atoms with E-state index in [9.17, 15) is 0 Å². The van der Waals surface area contributed by atoms with Gasteiger partial charge in [0.15, 0.2) is 0 Å². The topological polar surface area (TPSA) is 0 Å². The quantitative estimate of drug-likeness (QED) is 0.523. The van der Waals surface area contributed by atoms with Crippen molar-refractivity contribution in [3.8, 4) is 0 Å². The molecule has 0 radical (unpaired) electrons. The van der Waals surface area contributed by atoms with Crippen molar-refractivity contribution in [1.82, 2.24) is 0 Å². The van der Waals surface area contributed by atoms with E-state index in [-0.39, 0.29) is 0 Å². The summed E-state index contributed by atoms with van der Waals surface area (Å²) in [7, 11) is 4.29. The zero-order chi connectivity index (χ0) is 8.66. The summed E-state index contributed by atoms with van der Waals surface area (Å²) in [4.78, 5) is 0. The van der Waals surface area contributed by atoms with Crippen molar-refractivity contribution in [1.29, 1.82) is 0 Å². The lowest BCUT2D eigenvalue weighted by Gasteiger charge is -2.13. The molecule has 2 saturated heterocycles. The van der Waals surface area contributed by atoms with Crippen LogP contribution in [0.5, 0.6) is 0 Å². The summed E-state index contributed by atoms with van der Waals surface area (Å²) in [5.74, 6) is 2.76. The van der Waals surface area contributed by atoms with Crippen molar-refractivity contribution in [3.63, 3.8) is 0 Å². The van der Waals surface area contributed by atoms with Gasteiger partial charge in [0.2, 0.25) is 0 Å². The molecule has 0 amide bonds. The SMILES string of the molecule is CCC1(SSC2(CC)CS2)CS1. The molecule has 2 rings (SSSR count). The molecule has 0 N–H and O–H groups in total. The lowest BCUT2D eigenvalue weighted by atomic mass is 10.4. The maximum atomic E-state index is 2.31. The van der Waals surface area contributed by atoms with Crippen LogP contribution in [0.4, 0.5) is 0 Å². The van der Waals surface area contributed by atoms with Crippen molar-refractivity contribution < 1.29 is 0 Å². The maximum absolute atomic E-state index is 2.31. The third-order valence-corrected chi connectivity index (χ3v) is 10.8. The molecule has 2 aliphatic rings. The van der Waals surface area contributed by atoms with Crippen molar-refractivity contribution in [2.45, 2.75) is 34.8 Å². The van der Waals surface area contributed by atoms with E-state index in [1.807, 2.05) is 0 Å².